The summed E-state index contributed by atoms with van der Waals surface area (Å²) in [6.45, 7) is 3.14. The second-order valence-corrected chi connectivity index (χ2v) is 3.82. The number of nitrogens with one attached hydrogen (secondary N) is 1. The van der Waals surface area contributed by atoms with Gasteiger partial charge in [0, 0.05) is 0 Å². The van der Waals surface area contributed by atoms with Crippen molar-refractivity contribution in [2.75, 3.05) is 0 Å². The number of hydrogen-bond donors (Lipinski definition) is 1. The van der Waals surface area contributed by atoms with Gasteiger partial charge in [-0.25, -0.2) is 4.79 Å². The van der Waals surface area contributed by atoms with Gasteiger partial charge in [-0.05, 0) is 12.0 Å². The minimum absolute atomic E-state index is 0.0780. The fraction of sp³-hybridized carbons (Fsp3) is 0.308. The van der Waals surface area contributed by atoms with Crippen molar-refractivity contribution in [1.82, 2.24) is 5.32 Å². The van der Waals surface area contributed by atoms with Gasteiger partial charge in [-0.1, -0.05) is 36.4 Å². The molecule has 0 heterocycles. The number of benzene rings is 1. The highest BCUT2D eigenvalue weighted by atomic mass is 19.4. The van der Waals surface area contributed by atoms with Crippen LogP contribution in [0.4, 0.5) is 18.0 Å². The van der Waals surface area contributed by atoms with Gasteiger partial charge < -0.3 is 10.1 Å². The van der Waals surface area contributed by atoms with Crippen LogP contribution >= 0.6 is 0 Å². The highest BCUT2D eigenvalue weighted by Gasteiger charge is 2.40. The zero-order valence-corrected chi connectivity index (χ0v) is 10.1. The van der Waals surface area contributed by atoms with Gasteiger partial charge >= 0.3 is 12.3 Å². The number of ether oxygens (including phenoxy) is 1. The Bertz CT molecular complexity index is 418. The summed E-state index contributed by atoms with van der Waals surface area (Å²) >= 11 is 0. The van der Waals surface area contributed by atoms with Crippen molar-refractivity contribution in [2.45, 2.75) is 25.2 Å². The summed E-state index contributed by atoms with van der Waals surface area (Å²) in [5.74, 6) is 0. The highest BCUT2D eigenvalue weighted by molar-refractivity contribution is 5.67. The molecule has 19 heavy (non-hydrogen) atoms. The SMILES string of the molecule is C=CC[C@@H](NC(=O)OCc1ccccc1)C(F)(F)F. The van der Waals surface area contributed by atoms with Crippen molar-refractivity contribution in [3.63, 3.8) is 0 Å². The van der Waals surface area contributed by atoms with E-state index in [1.165, 1.54) is 0 Å². The van der Waals surface area contributed by atoms with Crippen molar-refractivity contribution in [2.24, 2.45) is 0 Å². The second kappa shape index (κ2) is 6.82. The molecule has 0 fully saturated rings. The van der Waals surface area contributed by atoms with Gasteiger partial charge in [-0.15, -0.1) is 6.58 Å². The van der Waals surface area contributed by atoms with E-state index in [0.717, 1.165) is 6.08 Å². The topological polar surface area (TPSA) is 38.3 Å². The molecular weight excluding hydrogens is 259 g/mol. The molecule has 0 spiro atoms. The molecule has 0 bridgehead atoms. The standard InChI is InChI=1S/C13H14F3NO2/c1-2-6-11(13(14,15)16)17-12(18)19-9-10-7-4-3-5-8-10/h2-5,7-8,11H,1,6,9H2,(H,17,18)/t11-/m1/s1. The molecular formula is C13H14F3NO2. The maximum atomic E-state index is 12.5. The molecule has 0 aliphatic heterocycles. The summed E-state index contributed by atoms with van der Waals surface area (Å²) in [5.41, 5.74) is 0.699. The van der Waals surface area contributed by atoms with Gasteiger partial charge in [-0.3, -0.25) is 0 Å². The Morgan fingerprint density at radius 2 is 2.00 bits per heavy atom. The molecule has 1 N–H and O–H groups in total. The molecule has 0 aliphatic rings. The number of alkyl halides is 3. The van der Waals surface area contributed by atoms with E-state index in [9.17, 15) is 18.0 Å². The normalized spacial score (nSPS) is 12.6. The zero-order chi connectivity index (χ0) is 14.3. The number of halogens is 3. The summed E-state index contributed by atoms with van der Waals surface area (Å²) < 4.78 is 42.3. The average Bonchev–Trinajstić information content (AvgIpc) is 2.36. The lowest BCUT2D eigenvalue weighted by Crippen LogP contribution is -2.45. The van der Waals surface area contributed by atoms with Crippen LogP contribution in [0.2, 0.25) is 0 Å². The zero-order valence-electron chi connectivity index (χ0n) is 10.1. The van der Waals surface area contributed by atoms with E-state index in [2.05, 4.69) is 6.58 Å². The third-order valence-electron chi connectivity index (χ3n) is 2.30. The Labute approximate surface area is 109 Å². The van der Waals surface area contributed by atoms with E-state index in [-0.39, 0.29) is 6.61 Å². The third-order valence-corrected chi connectivity index (χ3v) is 2.30. The second-order valence-electron chi connectivity index (χ2n) is 3.82. The number of hydrogen-bond acceptors (Lipinski definition) is 2. The van der Waals surface area contributed by atoms with Crippen molar-refractivity contribution in [3.8, 4) is 0 Å². The molecule has 0 radical (unpaired) electrons. The van der Waals surface area contributed by atoms with Gasteiger partial charge in [0.15, 0.2) is 0 Å². The molecule has 3 nitrogen and oxygen atoms in total. The molecule has 0 aliphatic carbocycles. The van der Waals surface area contributed by atoms with Crippen molar-refractivity contribution >= 4 is 6.09 Å². The first kappa shape index (κ1) is 15.1. The predicted molar refractivity (Wildman–Crippen MR) is 64.4 cm³/mol. The maximum absolute atomic E-state index is 12.5. The lowest BCUT2D eigenvalue weighted by molar-refractivity contribution is -0.153. The number of carbonyl (C=O) groups is 1. The van der Waals surface area contributed by atoms with Crippen molar-refractivity contribution in [3.05, 3.63) is 48.6 Å². The third kappa shape index (κ3) is 5.46. The first-order valence-corrected chi connectivity index (χ1v) is 5.58. The Morgan fingerprint density at radius 3 is 2.53 bits per heavy atom. The number of amides is 1. The molecule has 0 saturated carbocycles. The van der Waals surface area contributed by atoms with Crippen LogP contribution in [0.1, 0.15) is 12.0 Å². The monoisotopic (exact) mass is 273 g/mol. The van der Waals surface area contributed by atoms with Crippen molar-refractivity contribution in [1.29, 1.82) is 0 Å². The maximum Gasteiger partial charge on any atom is 0.409 e. The summed E-state index contributed by atoms with van der Waals surface area (Å²) in [6, 6.07) is 6.71. The van der Waals surface area contributed by atoms with Crippen LogP contribution in [0.3, 0.4) is 0 Å². The van der Waals surface area contributed by atoms with Crippen LogP contribution in [0.15, 0.2) is 43.0 Å². The molecule has 6 heteroatoms. The average molecular weight is 273 g/mol. The Hall–Kier alpha value is -1.98. The minimum atomic E-state index is -4.53. The molecule has 1 atom stereocenters. The van der Waals surface area contributed by atoms with Crippen LogP contribution in [-0.4, -0.2) is 18.3 Å². The molecule has 0 aromatic heterocycles. The van der Waals surface area contributed by atoms with E-state index in [4.69, 9.17) is 4.74 Å². The fourth-order valence-electron chi connectivity index (χ4n) is 1.35. The van der Waals surface area contributed by atoms with Crippen LogP contribution < -0.4 is 5.32 Å². The van der Waals surface area contributed by atoms with Crippen LogP contribution in [0, 0.1) is 0 Å². The van der Waals surface area contributed by atoms with Gasteiger partial charge in [0.1, 0.15) is 12.6 Å². The summed E-state index contributed by atoms with van der Waals surface area (Å²) in [4.78, 5) is 11.3. The van der Waals surface area contributed by atoms with Crippen LogP contribution in [-0.2, 0) is 11.3 Å². The summed E-state index contributed by atoms with van der Waals surface area (Å²) in [5, 5.41) is 1.77. The number of carbonyl (C=O) groups excluding carboxylic acids is 1. The van der Waals surface area contributed by atoms with E-state index in [0.29, 0.717) is 5.56 Å². The lowest BCUT2D eigenvalue weighted by Gasteiger charge is -2.19. The molecule has 1 rings (SSSR count). The molecule has 0 unspecified atom stereocenters. The molecule has 1 aromatic carbocycles. The van der Waals surface area contributed by atoms with Gasteiger partial charge in [0.05, 0.1) is 0 Å². The summed E-state index contributed by atoms with van der Waals surface area (Å²) in [7, 11) is 0. The van der Waals surface area contributed by atoms with E-state index in [1.54, 1.807) is 35.6 Å². The minimum Gasteiger partial charge on any atom is -0.445 e. The van der Waals surface area contributed by atoms with E-state index < -0.39 is 24.7 Å². The fourth-order valence-corrected chi connectivity index (χ4v) is 1.35. The van der Waals surface area contributed by atoms with Gasteiger partial charge in [-0.2, -0.15) is 13.2 Å². The Balaban J connectivity index is 2.47. The quantitative estimate of drug-likeness (QED) is 0.835. The van der Waals surface area contributed by atoms with Crippen LogP contribution in [0.25, 0.3) is 0 Å². The van der Waals surface area contributed by atoms with Crippen LogP contribution in [0.5, 0.6) is 0 Å². The van der Waals surface area contributed by atoms with E-state index >= 15 is 0 Å². The Morgan fingerprint density at radius 1 is 1.37 bits per heavy atom. The molecule has 0 saturated heterocycles. The smallest absolute Gasteiger partial charge is 0.409 e. The number of rotatable bonds is 5. The first-order chi connectivity index (χ1) is 8.93. The van der Waals surface area contributed by atoms with Gasteiger partial charge in [0.2, 0.25) is 0 Å². The van der Waals surface area contributed by atoms with Crippen molar-refractivity contribution < 1.29 is 22.7 Å². The first-order valence-electron chi connectivity index (χ1n) is 5.58. The largest absolute Gasteiger partial charge is 0.445 e. The summed E-state index contributed by atoms with van der Waals surface area (Å²) in [6.07, 6.45) is -4.94. The predicted octanol–water partition coefficient (Wildman–Crippen LogP) is 3.42. The van der Waals surface area contributed by atoms with E-state index in [1.807, 2.05) is 0 Å². The highest BCUT2D eigenvalue weighted by Crippen LogP contribution is 2.22. The Kier molecular flexibility index (Phi) is 5.41. The molecule has 1 amide bonds. The lowest BCUT2D eigenvalue weighted by atomic mass is 10.2. The molecule has 104 valence electrons. The number of alkyl carbamates (subject to hydrolysis) is 1. The van der Waals surface area contributed by atoms with Gasteiger partial charge in [0.25, 0.3) is 0 Å². The molecule has 1 aromatic rings.